The van der Waals surface area contributed by atoms with E-state index < -0.39 is 107 Å². The Morgan fingerprint density at radius 1 is 1.08 bits per heavy atom. The summed E-state index contributed by atoms with van der Waals surface area (Å²) in [5, 5.41) is 23.2. The van der Waals surface area contributed by atoms with Gasteiger partial charge in [0.1, 0.15) is 49.3 Å². The van der Waals surface area contributed by atoms with Crippen LogP contribution in [0.5, 0.6) is 0 Å². The van der Waals surface area contributed by atoms with Gasteiger partial charge in [0, 0.05) is 26.3 Å². The van der Waals surface area contributed by atoms with Crippen LogP contribution in [0.1, 0.15) is 32.4 Å². The maximum Gasteiger partial charge on any atom is 0.482 e. The molecule has 20 nitrogen and oxygen atoms in total. The number of rotatable bonds is 13. The molecule has 7 unspecified atom stereocenters. The molecule has 0 bridgehead atoms. The Hall–Kier alpha value is -2.37. The van der Waals surface area contributed by atoms with E-state index in [0.29, 0.717) is 15.8 Å². The van der Waals surface area contributed by atoms with Crippen molar-refractivity contribution in [2.45, 2.75) is 82.0 Å². The second kappa shape index (κ2) is 15.9. The van der Waals surface area contributed by atoms with Gasteiger partial charge in [0.15, 0.2) is 18.4 Å². The van der Waals surface area contributed by atoms with E-state index in [4.69, 9.17) is 39.5 Å². The zero-order valence-electron chi connectivity index (χ0n) is 25.7. The van der Waals surface area contributed by atoms with Gasteiger partial charge in [-0.25, -0.2) is 23.5 Å². The van der Waals surface area contributed by atoms with Crippen molar-refractivity contribution in [3.05, 3.63) is 17.3 Å². The summed E-state index contributed by atoms with van der Waals surface area (Å²) in [6.45, 7) is -3.82. The number of aliphatic hydroxyl groups excluding tert-OH is 2. The number of aliphatic hydroxyl groups is 2. The maximum atomic E-state index is 15.0. The first-order chi connectivity index (χ1) is 22.8. The molecule has 2 aromatic rings. The van der Waals surface area contributed by atoms with Crippen LogP contribution >= 0.6 is 38.2 Å². The van der Waals surface area contributed by atoms with Crippen molar-refractivity contribution in [3.63, 3.8) is 0 Å². The normalized spacial score (nSPS) is 31.7. The summed E-state index contributed by atoms with van der Waals surface area (Å²) in [4.78, 5) is 53.4. The van der Waals surface area contributed by atoms with Crippen LogP contribution in [0.25, 0.3) is 10.2 Å². The SMILES string of the molecule is CC(=O)OC[C@H](F)C1OC(OP(=O)(O)OP(=O)(S)OC[C@H]2O[C@@H](c3csc4c(N)ncnc34)[C@H](O)[C@@H]2N)C(OC(C)=O)C(OC(C)=O)C1O. The number of ether oxygens (including phenoxy) is 5. The number of carbonyl (C=O) groups excluding carboxylic acids is 3. The summed E-state index contributed by atoms with van der Waals surface area (Å²) in [6, 6.07) is -1.13. The smallest absolute Gasteiger partial charge is 0.463 e. The zero-order valence-corrected chi connectivity index (χ0v) is 29.2. The summed E-state index contributed by atoms with van der Waals surface area (Å²) < 4.78 is 82.0. The van der Waals surface area contributed by atoms with E-state index in [2.05, 4.69) is 31.3 Å². The van der Waals surface area contributed by atoms with Gasteiger partial charge in [-0.1, -0.05) is 12.2 Å². The summed E-state index contributed by atoms with van der Waals surface area (Å²) >= 11 is 4.89. The number of nitrogens with two attached hydrogens (primary N) is 2. The van der Waals surface area contributed by atoms with Crippen LogP contribution in [0, 0.1) is 0 Å². The molecule has 0 radical (unpaired) electrons. The van der Waals surface area contributed by atoms with E-state index in [-0.39, 0.29) is 5.82 Å². The van der Waals surface area contributed by atoms with Gasteiger partial charge in [-0.15, -0.1) is 11.3 Å². The first kappa shape index (κ1) is 39.4. The van der Waals surface area contributed by atoms with Crippen LogP contribution < -0.4 is 11.5 Å². The number of halogens is 1. The number of hydrogen-bond donors (Lipinski definition) is 6. The average molecular weight is 779 g/mol. The van der Waals surface area contributed by atoms with Crippen molar-refractivity contribution in [1.82, 2.24) is 9.97 Å². The summed E-state index contributed by atoms with van der Waals surface area (Å²) in [7, 11) is -5.66. The highest BCUT2D eigenvalue weighted by atomic mass is 32.7. The second-order valence-electron chi connectivity index (χ2n) is 10.6. The Bertz CT molecular complexity index is 1640. The van der Waals surface area contributed by atoms with Crippen LogP contribution in [-0.2, 0) is 60.6 Å². The molecule has 0 spiro atoms. The average Bonchev–Trinajstić information content (AvgIpc) is 3.54. The molecule has 49 heavy (non-hydrogen) atoms. The number of phosphoric ester groups is 1. The number of nitrogens with zero attached hydrogens (tertiary/aromatic N) is 2. The molecule has 4 heterocycles. The first-order valence-electron chi connectivity index (χ1n) is 14.0. The summed E-state index contributed by atoms with van der Waals surface area (Å²) in [6.07, 6.45) is -15.1. The van der Waals surface area contributed by atoms with E-state index in [1.807, 2.05) is 0 Å². The minimum absolute atomic E-state index is 0.208. The highest BCUT2D eigenvalue weighted by Gasteiger charge is 2.55. The number of hydrogen-bond acceptors (Lipinski definition) is 20. The van der Waals surface area contributed by atoms with Crippen LogP contribution in [0.2, 0.25) is 0 Å². The first-order valence-corrected chi connectivity index (χ1v) is 19.1. The number of esters is 3. The quantitative estimate of drug-likeness (QED) is 0.0696. The molecular weight excluding hydrogens is 745 g/mol. The fourth-order valence-corrected chi connectivity index (χ4v) is 9.05. The van der Waals surface area contributed by atoms with Gasteiger partial charge in [-0.05, 0) is 5.38 Å². The number of anilines is 1. The monoisotopic (exact) mass is 778 g/mol. The Labute approximate surface area is 285 Å². The molecule has 2 saturated heterocycles. The molecule has 0 aromatic carbocycles. The van der Waals surface area contributed by atoms with Crippen molar-refractivity contribution in [2.75, 3.05) is 18.9 Å². The van der Waals surface area contributed by atoms with Gasteiger partial charge in [-0.2, -0.15) is 4.31 Å². The maximum absolute atomic E-state index is 15.0. The topological polar surface area (TPSA) is 298 Å². The number of carbonyl (C=O) groups is 3. The van der Waals surface area contributed by atoms with E-state index in [1.54, 1.807) is 5.38 Å². The minimum Gasteiger partial charge on any atom is -0.463 e. The van der Waals surface area contributed by atoms with Crippen LogP contribution in [-0.4, -0.2) is 111 Å². The molecule has 0 aliphatic carbocycles. The number of thiol groups is 1. The molecule has 25 heteroatoms. The lowest BCUT2D eigenvalue weighted by Crippen LogP contribution is -2.63. The van der Waals surface area contributed by atoms with Crippen molar-refractivity contribution in [3.8, 4) is 0 Å². The van der Waals surface area contributed by atoms with Gasteiger partial charge in [-0.3, -0.25) is 23.4 Å². The van der Waals surface area contributed by atoms with Gasteiger partial charge < -0.3 is 50.3 Å². The molecule has 2 aliphatic rings. The molecule has 2 aromatic heterocycles. The Morgan fingerprint density at radius 2 is 1.73 bits per heavy atom. The number of thiophene rings is 1. The molecule has 4 rings (SSSR count). The minimum atomic E-state index is -5.66. The summed E-state index contributed by atoms with van der Waals surface area (Å²) in [5.74, 6) is -2.84. The molecule has 0 amide bonds. The predicted octanol–water partition coefficient (Wildman–Crippen LogP) is 0.440. The Balaban J connectivity index is 1.47. The second-order valence-corrected chi connectivity index (χ2v) is 16.0. The fourth-order valence-electron chi connectivity index (χ4n) is 4.92. The number of phosphoric acid groups is 1. The standard InChI is InChI=1S/C24H33FN4O16P2S2/c1-8(30)38-4-12(25)19-17(34)20(40-9(2)31)21(41-10(3)32)24(43-19)44-46(35,36)45-47(37,48)39-5-13-14(26)16(33)18(42-13)11-6-49-22-15(11)28-7-29-23(22)27/h6-7,12-14,16-21,24,33-34H,4-5,26H2,1-3H3,(H,35,36)(H,37,48)(H2,27,28,29)/t12-,13+,14+,16+,17?,18-,19?,20?,21?,24?,47?/m0/s1. The number of alkyl halides is 1. The molecule has 2 fully saturated rings. The van der Waals surface area contributed by atoms with Crippen molar-refractivity contribution in [2.24, 2.45) is 5.73 Å². The van der Waals surface area contributed by atoms with Gasteiger partial charge in [0.25, 0.3) is 0 Å². The van der Waals surface area contributed by atoms with Crippen molar-refractivity contribution in [1.29, 1.82) is 0 Å². The summed E-state index contributed by atoms with van der Waals surface area (Å²) in [5.41, 5.74) is 12.8. The van der Waals surface area contributed by atoms with E-state index in [0.717, 1.165) is 20.8 Å². The van der Waals surface area contributed by atoms with Crippen molar-refractivity contribution < 1.29 is 80.1 Å². The van der Waals surface area contributed by atoms with Crippen LogP contribution in [0.15, 0.2) is 11.7 Å². The highest BCUT2D eigenvalue weighted by molar-refractivity contribution is 8.45. The van der Waals surface area contributed by atoms with Gasteiger partial charge in [0.2, 0.25) is 6.29 Å². The Kier molecular flexibility index (Phi) is 12.8. The largest absolute Gasteiger partial charge is 0.482 e. The third-order valence-electron chi connectivity index (χ3n) is 6.98. The fraction of sp³-hybridized carbons (Fsp3) is 0.625. The number of aromatic nitrogens is 2. The van der Waals surface area contributed by atoms with E-state index >= 15 is 4.39 Å². The van der Waals surface area contributed by atoms with Crippen molar-refractivity contribution >= 4 is 72.1 Å². The van der Waals surface area contributed by atoms with E-state index in [9.17, 15) is 38.6 Å². The number of fused-ring (bicyclic) bond motifs is 1. The lowest BCUT2D eigenvalue weighted by molar-refractivity contribution is -0.293. The van der Waals surface area contributed by atoms with Crippen LogP contribution in [0.4, 0.5) is 10.2 Å². The zero-order chi connectivity index (χ0) is 36.4. The molecule has 7 N–H and O–H groups in total. The van der Waals surface area contributed by atoms with Gasteiger partial charge in [0.05, 0.1) is 22.9 Å². The third kappa shape index (κ3) is 9.70. The lowest BCUT2D eigenvalue weighted by atomic mass is 9.95. The third-order valence-corrected chi connectivity index (χ3v) is 11.6. The highest BCUT2D eigenvalue weighted by Crippen LogP contribution is 2.66. The Morgan fingerprint density at radius 3 is 2.37 bits per heavy atom. The number of nitrogen functional groups attached to an aromatic ring is 1. The molecule has 274 valence electrons. The molecular formula is C24H33FN4O16P2S2. The van der Waals surface area contributed by atoms with E-state index in [1.165, 1.54) is 17.7 Å². The molecule has 2 aliphatic heterocycles. The van der Waals surface area contributed by atoms with Crippen LogP contribution in [0.3, 0.4) is 0 Å². The predicted molar refractivity (Wildman–Crippen MR) is 165 cm³/mol. The lowest BCUT2D eigenvalue weighted by Gasteiger charge is -2.43. The molecule has 0 saturated carbocycles. The van der Waals surface area contributed by atoms with Gasteiger partial charge >= 0.3 is 32.5 Å². The molecule has 12 atom stereocenters.